The molecule has 158 valence electrons. The Morgan fingerprint density at radius 1 is 1.06 bits per heavy atom. The van der Waals surface area contributed by atoms with E-state index in [1.165, 1.54) is 11.0 Å². The van der Waals surface area contributed by atoms with E-state index in [0.29, 0.717) is 11.1 Å². The third kappa shape index (κ3) is 3.98. The number of hydrogen-bond acceptors (Lipinski definition) is 3. The molecule has 0 bridgehead atoms. The number of hydrogen-bond donors (Lipinski definition) is 1. The van der Waals surface area contributed by atoms with Crippen molar-refractivity contribution in [1.82, 2.24) is 9.88 Å². The van der Waals surface area contributed by atoms with Crippen LogP contribution in [0, 0.1) is 25.2 Å². The van der Waals surface area contributed by atoms with Gasteiger partial charge in [0.2, 0.25) is 5.91 Å². The Kier molecular flexibility index (Phi) is 5.90. The molecule has 3 aromatic rings. The van der Waals surface area contributed by atoms with Gasteiger partial charge in [-0.2, -0.15) is 5.26 Å². The molecule has 1 amide bonds. The average molecular weight is 414 g/mol. The fourth-order valence-corrected chi connectivity index (χ4v) is 4.61. The summed E-state index contributed by atoms with van der Waals surface area (Å²) in [5, 5.41) is 13.7. The molecule has 4 rings (SSSR count). The van der Waals surface area contributed by atoms with Crippen LogP contribution in [0.25, 0.3) is 10.9 Å². The summed E-state index contributed by atoms with van der Waals surface area (Å²) in [4.78, 5) is 27.1. The number of carbonyl (C=O) groups is 1. The molecule has 1 atom stereocenters. The number of para-hydroxylation sites is 1. The Labute approximate surface area is 182 Å². The lowest BCUT2D eigenvalue weighted by Crippen LogP contribution is -2.44. The summed E-state index contributed by atoms with van der Waals surface area (Å²) >= 11 is 0. The third-order valence-corrected chi connectivity index (χ3v) is 6.34. The molecular formula is C26H27N3O2. The number of nitrogens with zero attached hydrogens (tertiary/aromatic N) is 2. The van der Waals surface area contributed by atoms with Crippen LogP contribution >= 0.6 is 0 Å². The SMILES string of the molecule is Cc1ccc(C(C(=O)NC2CCCCC2)n2c(=O)c(C#N)c(C)c3ccccc32)cc1. The van der Waals surface area contributed by atoms with Gasteiger partial charge >= 0.3 is 0 Å². The van der Waals surface area contributed by atoms with E-state index in [2.05, 4.69) is 11.4 Å². The maximum atomic E-state index is 13.6. The number of benzene rings is 2. The molecule has 0 radical (unpaired) electrons. The molecule has 0 aliphatic heterocycles. The van der Waals surface area contributed by atoms with Crippen LogP contribution in [0.4, 0.5) is 0 Å². The summed E-state index contributed by atoms with van der Waals surface area (Å²) in [6, 6.07) is 16.5. The molecule has 1 heterocycles. The molecule has 1 aliphatic rings. The van der Waals surface area contributed by atoms with Crippen LogP contribution in [0.2, 0.25) is 0 Å². The zero-order valence-corrected chi connectivity index (χ0v) is 18.0. The number of fused-ring (bicyclic) bond motifs is 1. The monoisotopic (exact) mass is 413 g/mol. The Morgan fingerprint density at radius 3 is 2.42 bits per heavy atom. The summed E-state index contributed by atoms with van der Waals surface area (Å²) in [6.45, 7) is 3.78. The van der Waals surface area contributed by atoms with Gasteiger partial charge in [0.15, 0.2) is 0 Å². The second-order valence-corrected chi connectivity index (χ2v) is 8.46. The summed E-state index contributed by atoms with van der Waals surface area (Å²) in [7, 11) is 0. The molecule has 0 saturated heterocycles. The maximum Gasteiger partial charge on any atom is 0.270 e. The van der Waals surface area contributed by atoms with Crippen LogP contribution in [0.3, 0.4) is 0 Å². The number of aromatic nitrogens is 1. The van der Waals surface area contributed by atoms with Gasteiger partial charge < -0.3 is 5.32 Å². The number of pyridine rings is 1. The van der Waals surface area contributed by atoms with Gasteiger partial charge in [0.05, 0.1) is 5.52 Å². The third-order valence-electron chi connectivity index (χ3n) is 6.34. The quantitative estimate of drug-likeness (QED) is 0.683. The number of rotatable bonds is 4. The van der Waals surface area contributed by atoms with Crippen molar-refractivity contribution in [2.24, 2.45) is 0 Å². The van der Waals surface area contributed by atoms with Crippen molar-refractivity contribution in [2.45, 2.75) is 58.0 Å². The Hall–Kier alpha value is -3.39. The van der Waals surface area contributed by atoms with E-state index >= 15 is 0 Å². The van der Waals surface area contributed by atoms with E-state index in [-0.39, 0.29) is 17.5 Å². The first-order valence-electron chi connectivity index (χ1n) is 10.9. The van der Waals surface area contributed by atoms with Crippen molar-refractivity contribution < 1.29 is 4.79 Å². The molecule has 1 N–H and O–H groups in total. The van der Waals surface area contributed by atoms with Crippen LogP contribution in [-0.2, 0) is 4.79 Å². The van der Waals surface area contributed by atoms with E-state index in [1.54, 1.807) is 6.92 Å². The van der Waals surface area contributed by atoms with Gasteiger partial charge in [-0.25, -0.2) is 0 Å². The molecule has 31 heavy (non-hydrogen) atoms. The highest BCUT2D eigenvalue weighted by Crippen LogP contribution is 2.27. The Bertz CT molecular complexity index is 1210. The maximum absolute atomic E-state index is 13.6. The average Bonchev–Trinajstić information content (AvgIpc) is 2.78. The van der Waals surface area contributed by atoms with Gasteiger partial charge in [0.25, 0.3) is 5.56 Å². The minimum absolute atomic E-state index is 0.0845. The van der Waals surface area contributed by atoms with Crippen LogP contribution in [-0.4, -0.2) is 16.5 Å². The predicted octanol–water partition coefficient (Wildman–Crippen LogP) is 4.53. The number of amides is 1. The van der Waals surface area contributed by atoms with Gasteiger partial charge in [0.1, 0.15) is 17.7 Å². The van der Waals surface area contributed by atoms with Crippen molar-refractivity contribution in [3.63, 3.8) is 0 Å². The standard InChI is InChI=1S/C26H27N3O2/c1-17-12-14-19(15-13-17)24(25(30)28-20-8-4-3-5-9-20)29-23-11-7-6-10-21(23)18(2)22(16-27)26(29)31/h6-7,10-15,20,24H,3-5,8-9H2,1-2H3,(H,28,30). The van der Waals surface area contributed by atoms with Gasteiger partial charge in [-0.1, -0.05) is 67.3 Å². The lowest BCUT2D eigenvalue weighted by atomic mass is 9.94. The van der Waals surface area contributed by atoms with Crippen LogP contribution in [0.15, 0.2) is 53.3 Å². The highest BCUT2D eigenvalue weighted by molar-refractivity contribution is 5.89. The highest BCUT2D eigenvalue weighted by Gasteiger charge is 2.29. The zero-order chi connectivity index (χ0) is 22.0. The van der Waals surface area contributed by atoms with Crippen molar-refractivity contribution in [1.29, 1.82) is 5.26 Å². The molecule has 5 heteroatoms. The predicted molar refractivity (Wildman–Crippen MR) is 122 cm³/mol. The van der Waals surface area contributed by atoms with Gasteiger partial charge in [-0.05, 0) is 43.9 Å². The van der Waals surface area contributed by atoms with Gasteiger partial charge in [-0.3, -0.25) is 14.2 Å². The van der Waals surface area contributed by atoms with E-state index in [1.807, 2.05) is 55.5 Å². The zero-order valence-electron chi connectivity index (χ0n) is 18.0. The minimum atomic E-state index is -0.840. The highest BCUT2D eigenvalue weighted by atomic mass is 16.2. The largest absolute Gasteiger partial charge is 0.351 e. The number of nitriles is 1. The summed E-state index contributed by atoms with van der Waals surface area (Å²) in [5.41, 5.74) is 2.78. The van der Waals surface area contributed by atoms with Crippen LogP contribution in [0.1, 0.15) is 60.4 Å². The topological polar surface area (TPSA) is 74.9 Å². The first-order chi connectivity index (χ1) is 15.0. The fraction of sp³-hybridized carbons (Fsp3) is 0.346. The van der Waals surface area contributed by atoms with Crippen molar-refractivity contribution in [3.8, 4) is 6.07 Å². The number of aryl methyl sites for hydroxylation is 2. The van der Waals surface area contributed by atoms with Crippen molar-refractivity contribution in [2.75, 3.05) is 0 Å². The molecular weight excluding hydrogens is 386 g/mol. The smallest absolute Gasteiger partial charge is 0.270 e. The van der Waals surface area contributed by atoms with E-state index in [4.69, 9.17) is 0 Å². The minimum Gasteiger partial charge on any atom is -0.351 e. The molecule has 1 saturated carbocycles. The second kappa shape index (κ2) is 8.77. The number of carbonyl (C=O) groups excluding carboxylic acids is 1. The van der Waals surface area contributed by atoms with Gasteiger partial charge in [0, 0.05) is 11.4 Å². The summed E-state index contributed by atoms with van der Waals surface area (Å²) in [5.74, 6) is -0.198. The molecule has 1 aliphatic carbocycles. The number of nitrogens with one attached hydrogen (secondary N) is 1. The molecule has 1 unspecified atom stereocenters. The Balaban J connectivity index is 1.92. The van der Waals surface area contributed by atoms with E-state index in [9.17, 15) is 14.9 Å². The Morgan fingerprint density at radius 2 is 1.74 bits per heavy atom. The van der Waals surface area contributed by atoms with E-state index in [0.717, 1.165) is 42.2 Å². The molecule has 5 nitrogen and oxygen atoms in total. The molecule has 0 spiro atoms. The molecule has 2 aromatic carbocycles. The summed E-state index contributed by atoms with van der Waals surface area (Å²) in [6.07, 6.45) is 5.32. The molecule has 1 fully saturated rings. The normalized spacial score (nSPS) is 15.4. The van der Waals surface area contributed by atoms with Gasteiger partial charge in [-0.15, -0.1) is 0 Å². The lowest BCUT2D eigenvalue weighted by Gasteiger charge is -2.28. The summed E-state index contributed by atoms with van der Waals surface area (Å²) < 4.78 is 1.50. The van der Waals surface area contributed by atoms with Crippen molar-refractivity contribution in [3.05, 3.63) is 81.1 Å². The molecule has 1 aromatic heterocycles. The van der Waals surface area contributed by atoms with Crippen LogP contribution < -0.4 is 10.9 Å². The second-order valence-electron chi connectivity index (χ2n) is 8.46. The van der Waals surface area contributed by atoms with E-state index < -0.39 is 11.6 Å². The first kappa shape index (κ1) is 20.9. The first-order valence-corrected chi connectivity index (χ1v) is 10.9. The van der Waals surface area contributed by atoms with Crippen LogP contribution in [0.5, 0.6) is 0 Å². The lowest BCUT2D eigenvalue weighted by molar-refractivity contribution is -0.124. The van der Waals surface area contributed by atoms with Crippen molar-refractivity contribution >= 4 is 16.8 Å². The fourth-order valence-electron chi connectivity index (χ4n) is 4.61.